The van der Waals surface area contributed by atoms with Gasteiger partial charge in [-0.05, 0) is 30.5 Å². The number of rotatable bonds is 6. The van der Waals surface area contributed by atoms with Crippen LogP contribution in [0.1, 0.15) is 25.2 Å². The zero-order valence-corrected chi connectivity index (χ0v) is 13.4. The molecule has 1 aromatic carbocycles. The first-order valence-electron chi connectivity index (χ1n) is 7.54. The predicted octanol–water partition coefficient (Wildman–Crippen LogP) is 2.74. The second-order valence-electron chi connectivity index (χ2n) is 5.93. The Balaban J connectivity index is 1.58. The van der Waals surface area contributed by atoms with Crippen molar-refractivity contribution in [1.29, 1.82) is 0 Å². The fourth-order valence-corrected chi connectivity index (χ4v) is 3.90. The number of nitrogens with zero attached hydrogens (tertiary/aromatic N) is 3. The Bertz CT molecular complexity index is 568. The van der Waals surface area contributed by atoms with E-state index >= 15 is 0 Å². The van der Waals surface area contributed by atoms with Gasteiger partial charge in [-0.15, -0.1) is 11.8 Å². The van der Waals surface area contributed by atoms with E-state index in [1.807, 2.05) is 11.8 Å². The highest BCUT2D eigenvalue weighted by Crippen LogP contribution is 2.37. The third-order valence-corrected chi connectivity index (χ3v) is 4.92. The fourth-order valence-electron chi connectivity index (χ4n) is 2.60. The second kappa shape index (κ2) is 6.62. The minimum atomic E-state index is 0.563. The van der Waals surface area contributed by atoms with Gasteiger partial charge in [0.25, 0.3) is 0 Å². The van der Waals surface area contributed by atoms with Crippen LogP contribution >= 0.6 is 11.8 Å². The summed E-state index contributed by atoms with van der Waals surface area (Å²) in [5.74, 6) is 1.69. The van der Waals surface area contributed by atoms with Crippen molar-refractivity contribution in [2.24, 2.45) is 5.92 Å². The lowest BCUT2D eigenvalue weighted by Crippen LogP contribution is -2.23. The molecule has 21 heavy (non-hydrogen) atoms. The Hall–Kier alpha value is -1.33. The van der Waals surface area contributed by atoms with Crippen molar-refractivity contribution in [3.05, 3.63) is 42.0 Å². The lowest BCUT2D eigenvalue weighted by atomic mass is 10.1. The van der Waals surface area contributed by atoms with Crippen LogP contribution in [-0.4, -0.2) is 26.6 Å². The lowest BCUT2D eigenvalue weighted by molar-refractivity contribution is 0.507. The number of hydrogen-bond donors (Lipinski definition) is 1. The molecule has 1 aliphatic rings. The van der Waals surface area contributed by atoms with Crippen molar-refractivity contribution in [3.8, 4) is 0 Å². The Kier molecular flexibility index (Phi) is 4.60. The molecule has 1 aliphatic heterocycles. The summed E-state index contributed by atoms with van der Waals surface area (Å²) in [6.07, 6.45) is 2.79. The van der Waals surface area contributed by atoms with Crippen LogP contribution in [0.3, 0.4) is 0 Å². The Morgan fingerprint density at radius 2 is 2.24 bits per heavy atom. The van der Waals surface area contributed by atoms with Crippen LogP contribution in [0.25, 0.3) is 0 Å². The van der Waals surface area contributed by atoms with Crippen LogP contribution in [0.2, 0.25) is 0 Å². The van der Waals surface area contributed by atoms with Gasteiger partial charge in [0.1, 0.15) is 12.2 Å². The highest BCUT2D eigenvalue weighted by atomic mass is 32.2. The first-order valence-corrected chi connectivity index (χ1v) is 8.42. The molecular weight excluding hydrogens is 280 g/mol. The predicted molar refractivity (Wildman–Crippen MR) is 86.4 cm³/mol. The van der Waals surface area contributed by atoms with Gasteiger partial charge in [-0.1, -0.05) is 32.0 Å². The summed E-state index contributed by atoms with van der Waals surface area (Å²) in [6, 6.07) is 8.69. The SMILES string of the molecule is CC(C)CNCc1ncnn1CC1Cc2ccccc2S1. The zero-order valence-electron chi connectivity index (χ0n) is 12.6. The Morgan fingerprint density at radius 1 is 1.38 bits per heavy atom. The summed E-state index contributed by atoms with van der Waals surface area (Å²) in [5.41, 5.74) is 1.46. The molecule has 0 spiro atoms. The number of fused-ring (bicyclic) bond motifs is 1. The van der Waals surface area contributed by atoms with Gasteiger partial charge >= 0.3 is 0 Å². The van der Waals surface area contributed by atoms with Gasteiger partial charge in [-0.25, -0.2) is 9.67 Å². The maximum absolute atomic E-state index is 4.39. The normalized spacial score (nSPS) is 17.4. The van der Waals surface area contributed by atoms with E-state index in [1.165, 1.54) is 10.5 Å². The van der Waals surface area contributed by atoms with Crippen LogP contribution in [0.4, 0.5) is 0 Å². The highest BCUT2D eigenvalue weighted by Gasteiger charge is 2.23. The van der Waals surface area contributed by atoms with Crippen molar-refractivity contribution >= 4 is 11.8 Å². The number of hydrogen-bond acceptors (Lipinski definition) is 4. The zero-order chi connectivity index (χ0) is 14.7. The Labute approximate surface area is 130 Å². The molecule has 1 N–H and O–H groups in total. The largest absolute Gasteiger partial charge is 0.310 e. The molecular formula is C16H22N4S. The van der Waals surface area contributed by atoms with Crippen LogP contribution in [0.15, 0.2) is 35.5 Å². The smallest absolute Gasteiger partial charge is 0.140 e. The van der Waals surface area contributed by atoms with Gasteiger partial charge in [-0.3, -0.25) is 0 Å². The van der Waals surface area contributed by atoms with E-state index in [-0.39, 0.29) is 0 Å². The third kappa shape index (κ3) is 3.66. The average Bonchev–Trinajstić information content (AvgIpc) is 3.05. The Morgan fingerprint density at radius 3 is 3.05 bits per heavy atom. The van der Waals surface area contributed by atoms with Crippen molar-refractivity contribution < 1.29 is 0 Å². The molecule has 0 radical (unpaired) electrons. The van der Waals surface area contributed by atoms with Gasteiger partial charge in [-0.2, -0.15) is 5.10 Å². The van der Waals surface area contributed by atoms with Crippen LogP contribution in [0.5, 0.6) is 0 Å². The summed E-state index contributed by atoms with van der Waals surface area (Å²) >= 11 is 1.96. The van der Waals surface area contributed by atoms with Crippen LogP contribution in [-0.2, 0) is 19.5 Å². The molecule has 2 aromatic rings. The first kappa shape index (κ1) is 14.6. The average molecular weight is 302 g/mol. The minimum absolute atomic E-state index is 0.563. The van der Waals surface area contributed by atoms with Crippen molar-refractivity contribution in [1.82, 2.24) is 20.1 Å². The van der Waals surface area contributed by atoms with E-state index in [1.54, 1.807) is 6.33 Å². The van der Waals surface area contributed by atoms with E-state index in [9.17, 15) is 0 Å². The molecule has 1 unspecified atom stereocenters. The molecule has 3 rings (SSSR count). The monoisotopic (exact) mass is 302 g/mol. The maximum atomic E-state index is 4.39. The number of aromatic nitrogens is 3. The third-order valence-electron chi connectivity index (χ3n) is 3.62. The first-order chi connectivity index (χ1) is 10.2. The molecule has 0 saturated carbocycles. The minimum Gasteiger partial charge on any atom is -0.310 e. The van der Waals surface area contributed by atoms with Crippen molar-refractivity contribution in [2.75, 3.05) is 6.54 Å². The summed E-state index contributed by atoms with van der Waals surface area (Å²) < 4.78 is 2.05. The molecule has 0 aliphatic carbocycles. The molecule has 112 valence electrons. The van der Waals surface area contributed by atoms with Gasteiger partial charge in [0.2, 0.25) is 0 Å². The molecule has 0 fully saturated rings. The van der Waals surface area contributed by atoms with Gasteiger partial charge in [0.15, 0.2) is 0 Å². The quantitative estimate of drug-likeness (QED) is 0.891. The van der Waals surface area contributed by atoms with E-state index in [0.29, 0.717) is 11.2 Å². The van der Waals surface area contributed by atoms with E-state index in [2.05, 4.69) is 58.2 Å². The second-order valence-corrected chi connectivity index (χ2v) is 7.28. The number of thioether (sulfide) groups is 1. The van der Waals surface area contributed by atoms with Gasteiger partial charge in [0, 0.05) is 10.1 Å². The van der Waals surface area contributed by atoms with Crippen molar-refractivity contribution in [3.63, 3.8) is 0 Å². The summed E-state index contributed by atoms with van der Waals surface area (Å²) in [7, 11) is 0. The van der Waals surface area contributed by atoms with E-state index < -0.39 is 0 Å². The van der Waals surface area contributed by atoms with E-state index in [4.69, 9.17) is 0 Å². The summed E-state index contributed by atoms with van der Waals surface area (Å²) in [6.45, 7) is 7.16. The van der Waals surface area contributed by atoms with Crippen LogP contribution < -0.4 is 5.32 Å². The molecule has 0 amide bonds. The number of benzene rings is 1. The van der Waals surface area contributed by atoms with E-state index in [0.717, 1.165) is 31.9 Å². The molecule has 0 saturated heterocycles. The topological polar surface area (TPSA) is 42.7 Å². The maximum Gasteiger partial charge on any atom is 0.140 e. The number of nitrogens with one attached hydrogen (secondary N) is 1. The molecule has 4 nitrogen and oxygen atoms in total. The van der Waals surface area contributed by atoms with Crippen molar-refractivity contribution in [2.45, 2.75) is 43.5 Å². The standard InChI is InChI=1S/C16H22N4S/c1-12(2)8-17-9-16-18-11-19-20(16)10-14-7-13-5-3-4-6-15(13)21-14/h3-6,11-12,14,17H,7-10H2,1-2H3. The summed E-state index contributed by atoms with van der Waals surface area (Å²) in [4.78, 5) is 5.80. The lowest BCUT2D eigenvalue weighted by Gasteiger charge is -2.12. The summed E-state index contributed by atoms with van der Waals surface area (Å²) in [5, 5.41) is 8.39. The molecule has 1 atom stereocenters. The fraction of sp³-hybridized carbons (Fsp3) is 0.500. The molecule has 5 heteroatoms. The van der Waals surface area contributed by atoms with Gasteiger partial charge in [0.05, 0.1) is 13.1 Å². The van der Waals surface area contributed by atoms with Crippen LogP contribution in [0, 0.1) is 5.92 Å². The molecule has 2 heterocycles. The molecule has 1 aromatic heterocycles. The highest BCUT2D eigenvalue weighted by molar-refractivity contribution is 8.00. The van der Waals surface area contributed by atoms with Gasteiger partial charge < -0.3 is 5.32 Å². The molecule has 0 bridgehead atoms.